The number of ether oxygens (including phenoxy) is 3. The molecule has 0 bridgehead atoms. The van der Waals surface area contributed by atoms with Crippen LogP contribution in [0.3, 0.4) is 0 Å². The Bertz CT molecular complexity index is 626. The van der Waals surface area contributed by atoms with E-state index in [9.17, 15) is 4.79 Å². The fourth-order valence-electron chi connectivity index (χ4n) is 1.98. The second-order valence-corrected chi connectivity index (χ2v) is 4.40. The summed E-state index contributed by atoms with van der Waals surface area (Å²) in [6.07, 6.45) is 1.86. The zero-order valence-electron chi connectivity index (χ0n) is 12.4. The molecule has 2 aromatic rings. The van der Waals surface area contributed by atoms with Crippen LogP contribution in [0.5, 0.6) is 17.2 Å². The molecule has 7 heteroatoms. The van der Waals surface area contributed by atoms with E-state index in [4.69, 9.17) is 14.2 Å². The molecular weight excluding hydrogens is 274 g/mol. The van der Waals surface area contributed by atoms with Crippen molar-refractivity contribution in [2.24, 2.45) is 7.05 Å². The third-order valence-electron chi connectivity index (χ3n) is 2.98. The van der Waals surface area contributed by atoms with Gasteiger partial charge in [0, 0.05) is 18.8 Å². The van der Waals surface area contributed by atoms with E-state index in [0.717, 1.165) is 0 Å². The van der Waals surface area contributed by atoms with Gasteiger partial charge in [0.25, 0.3) is 0 Å². The molecule has 0 radical (unpaired) electrons. The number of rotatable bonds is 6. The van der Waals surface area contributed by atoms with E-state index >= 15 is 0 Å². The summed E-state index contributed by atoms with van der Waals surface area (Å²) in [5.41, 5.74) is 1.08. The topological polar surface area (TPSA) is 75.5 Å². The largest absolute Gasteiger partial charge is 0.493 e. The number of carbonyl (C=O) groups excluding carboxylic acids is 1. The van der Waals surface area contributed by atoms with E-state index in [1.54, 1.807) is 30.1 Å². The average Bonchev–Trinajstić information content (AvgIpc) is 2.90. The fraction of sp³-hybridized carbons (Fsp3) is 0.357. The van der Waals surface area contributed by atoms with Gasteiger partial charge in [0.15, 0.2) is 17.3 Å². The number of methoxy groups -OCH3 is 3. The van der Waals surface area contributed by atoms with Crippen molar-refractivity contribution < 1.29 is 19.0 Å². The minimum Gasteiger partial charge on any atom is -0.493 e. The highest BCUT2D eigenvalue weighted by atomic mass is 16.5. The first kappa shape index (κ1) is 14.8. The fourth-order valence-corrected chi connectivity index (χ4v) is 1.98. The lowest BCUT2D eigenvalue weighted by molar-refractivity contribution is 0.0991. The predicted molar refractivity (Wildman–Crippen MR) is 75.1 cm³/mol. The first-order chi connectivity index (χ1) is 10.1. The van der Waals surface area contributed by atoms with Crippen LogP contribution in [-0.4, -0.2) is 42.1 Å². The smallest absolute Gasteiger partial charge is 0.203 e. The quantitative estimate of drug-likeness (QED) is 0.746. The van der Waals surface area contributed by atoms with E-state index in [1.165, 1.54) is 21.3 Å². The van der Waals surface area contributed by atoms with Crippen LogP contribution in [0.15, 0.2) is 18.3 Å². The Morgan fingerprint density at radius 1 is 1.14 bits per heavy atom. The highest BCUT2D eigenvalue weighted by Gasteiger charge is 2.17. The van der Waals surface area contributed by atoms with Gasteiger partial charge < -0.3 is 14.2 Å². The van der Waals surface area contributed by atoms with Crippen molar-refractivity contribution in [2.75, 3.05) is 21.3 Å². The summed E-state index contributed by atoms with van der Waals surface area (Å²) in [6.45, 7) is 0. The summed E-state index contributed by atoms with van der Waals surface area (Å²) in [6, 6.07) is 3.25. The molecule has 7 nitrogen and oxygen atoms in total. The molecule has 0 unspecified atom stereocenters. The van der Waals surface area contributed by atoms with Gasteiger partial charge in [0.1, 0.15) is 0 Å². The number of carbonyl (C=O) groups is 1. The molecule has 0 aliphatic carbocycles. The lowest BCUT2D eigenvalue weighted by atomic mass is 10.1. The van der Waals surface area contributed by atoms with Gasteiger partial charge in [0.05, 0.1) is 33.4 Å². The van der Waals surface area contributed by atoms with Crippen LogP contribution in [0.1, 0.15) is 16.1 Å². The summed E-state index contributed by atoms with van der Waals surface area (Å²) < 4.78 is 17.3. The first-order valence-corrected chi connectivity index (χ1v) is 6.27. The molecular formula is C14H17N3O4. The molecule has 0 saturated heterocycles. The van der Waals surface area contributed by atoms with Gasteiger partial charge in [0.2, 0.25) is 5.75 Å². The minimum absolute atomic E-state index is 0.102. The number of Topliss-reactive ketones (excluding diaryl/α,β-unsaturated/α-hetero) is 1. The van der Waals surface area contributed by atoms with Gasteiger partial charge >= 0.3 is 0 Å². The van der Waals surface area contributed by atoms with Crippen LogP contribution >= 0.6 is 0 Å². The van der Waals surface area contributed by atoms with Crippen molar-refractivity contribution in [1.82, 2.24) is 15.0 Å². The lowest BCUT2D eigenvalue weighted by Crippen LogP contribution is -2.06. The van der Waals surface area contributed by atoms with Crippen LogP contribution in [0.2, 0.25) is 0 Å². The summed E-state index contributed by atoms with van der Waals surface area (Å²) in [7, 11) is 6.28. The maximum atomic E-state index is 12.3. The SMILES string of the molecule is COc1cc(C(=O)Cc2cn(C)nn2)cc(OC)c1OC. The van der Waals surface area contributed by atoms with Crippen LogP contribution in [-0.2, 0) is 13.5 Å². The number of aryl methyl sites for hydroxylation is 1. The summed E-state index contributed by atoms with van der Waals surface area (Å²) in [5, 5.41) is 7.71. The van der Waals surface area contributed by atoms with Crippen LogP contribution < -0.4 is 14.2 Å². The number of nitrogens with zero attached hydrogens (tertiary/aromatic N) is 3. The third-order valence-corrected chi connectivity index (χ3v) is 2.98. The lowest BCUT2D eigenvalue weighted by Gasteiger charge is -2.13. The Balaban J connectivity index is 2.32. The molecule has 1 heterocycles. The van der Waals surface area contributed by atoms with Crippen LogP contribution in [0.25, 0.3) is 0 Å². The Labute approximate surface area is 122 Å². The van der Waals surface area contributed by atoms with E-state index in [-0.39, 0.29) is 12.2 Å². The molecule has 0 N–H and O–H groups in total. The molecule has 0 fully saturated rings. The maximum Gasteiger partial charge on any atom is 0.203 e. The van der Waals surface area contributed by atoms with E-state index in [2.05, 4.69) is 10.3 Å². The van der Waals surface area contributed by atoms with Gasteiger partial charge in [-0.1, -0.05) is 5.21 Å². The van der Waals surface area contributed by atoms with Crippen LogP contribution in [0, 0.1) is 0 Å². The van der Waals surface area contributed by atoms with Gasteiger partial charge in [-0.05, 0) is 12.1 Å². The highest BCUT2D eigenvalue weighted by Crippen LogP contribution is 2.38. The number of benzene rings is 1. The number of ketones is 1. The molecule has 1 aromatic carbocycles. The van der Waals surface area contributed by atoms with Crippen molar-refractivity contribution >= 4 is 5.78 Å². The first-order valence-electron chi connectivity index (χ1n) is 6.27. The molecule has 0 amide bonds. The molecule has 0 saturated carbocycles. The molecule has 1 aromatic heterocycles. The van der Waals surface area contributed by atoms with Gasteiger partial charge in [-0.15, -0.1) is 5.10 Å². The van der Waals surface area contributed by atoms with Gasteiger partial charge in [-0.25, -0.2) is 0 Å². The van der Waals surface area contributed by atoms with Gasteiger partial charge in [-0.3, -0.25) is 9.48 Å². The van der Waals surface area contributed by atoms with Gasteiger partial charge in [-0.2, -0.15) is 0 Å². The molecule has 0 aliphatic heterocycles. The zero-order valence-corrected chi connectivity index (χ0v) is 12.4. The zero-order chi connectivity index (χ0) is 15.4. The monoisotopic (exact) mass is 291 g/mol. The van der Waals surface area contributed by atoms with Crippen molar-refractivity contribution in [1.29, 1.82) is 0 Å². The molecule has 0 aliphatic rings. The average molecular weight is 291 g/mol. The Morgan fingerprint density at radius 2 is 1.76 bits per heavy atom. The van der Waals surface area contributed by atoms with E-state index in [0.29, 0.717) is 28.5 Å². The van der Waals surface area contributed by atoms with Crippen LogP contribution in [0.4, 0.5) is 0 Å². The van der Waals surface area contributed by atoms with Crippen molar-refractivity contribution in [2.45, 2.75) is 6.42 Å². The summed E-state index contributed by atoms with van der Waals surface area (Å²) in [5.74, 6) is 1.24. The predicted octanol–water partition coefficient (Wildman–Crippen LogP) is 1.27. The molecule has 21 heavy (non-hydrogen) atoms. The normalized spacial score (nSPS) is 10.3. The molecule has 112 valence electrons. The van der Waals surface area contributed by atoms with E-state index < -0.39 is 0 Å². The summed E-state index contributed by atoms with van der Waals surface area (Å²) >= 11 is 0. The number of hydrogen-bond acceptors (Lipinski definition) is 6. The molecule has 2 rings (SSSR count). The van der Waals surface area contributed by atoms with Crippen molar-refractivity contribution in [3.63, 3.8) is 0 Å². The molecule has 0 atom stereocenters. The standard InChI is InChI=1S/C14H17N3O4/c1-17-8-10(15-16-17)7-11(18)9-5-12(19-2)14(21-4)13(6-9)20-3/h5-6,8H,7H2,1-4H3. The van der Waals surface area contributed by atoms with Crippen molar-refractivity contribution in [3.8, 4) is 17.2 Å². The highest BCUT2D eigenvalue weighted by molar-refractivity contribution is 5.98. The third kappa shape index (κ3) is 3.13. The maximum absolute atomic E-state index is 12.3. The summed E-state index contributed by atoms with van der Waals surface area (Å²) in [4.78, 5) is 12.3. The van der Waals surface area contributed by atoms with Crippen molar-refractivity contribution in [3.05, 3.63) is 29.6 Å². The molecule has 0 spiro atoms. The van der Waals surface area contributed by atoms with E-state index in [1.807, 2.05) is 0 Å². The number of hydrogen-bond donors (Lipinski definition) is 0. The Kier molecular flexibility index (Phi) is 4.42. The second kappa shape index (κ2) is 6.25. The number of aromatic nitrogens is 3. The minimum atomic E-state index is -0.102. The Hall–Kier alpha value is -2.57. The Morgan fingerprint density at radius 3 is 2.19 bits per heavy atom. The second-order valence-electron chi connectivity index (χ2n) is 4.40.